The molecule has 0 spiro atoms. The third-order valence-electron chi connectivity index (χ3n) is 4.78. The van der Waals surface area contributed by atoms with Crippen LogP contribution in [0.25, 0.3) is 6.08 Å². The van der Waals surface area contributed by atoms with Crippen molar-refractivity contribution in [1.82, 2.24) is 5.32 Å². The van der Waals surface area contributed by atoms with Crippen molar-refractivity contribution in [3.63, 3.8) is 0 Å². The van der Waals surface area contributed by atoms with Gasteiger partial charge in [0, 0.05) is 21.4 Å². The Balaban J connectivity index is 1.56. The van der Waals surface area contributed by atoms with E-state index < -0.39 is 11.8 Å². The van der Waals surface area contributed by atoms with Crippen LogP contribution in [0.3, 0.4) is 0 Å². The molecular formula is C27H22N2O4S. The van der Waals surface area contributed by atoms with Gasteiger partial charge in [0.2, 0.25) is 0 Å². The highest BCUT2D eigenvalue weighted by molar-refractivity contribution is 7.99. The van der Waals surface area contributed by atoms with Gasteiger partial charge in [-0.05, 0) is 60.7 Å². The number of para-hydroxylation sites is 1. The molecule has 0 saturated carbocycles. The lowest BCUT2D eigenvalue weighted by Gasteiger charge is -2.14. The van der Waals surface area contributed by atoms with E-state index in [1.807, 2.05) is 54.6 Å². The standard InChI is InChI=1S/C27H22N2O4S/c1-32-20-15-13-19(14-16-20)26(30)29-24(18-21-8-7-17-33-21)27(31)28-23-11-5-6-12-25(23)34-22-9-3-2-4-10-22/h2-18H,1H3,(H,28,31)(H,29,30)/b24-18-. The Hall–Kier alpha value is -4.23. The maximum Gasteiger partial charge on any atom is 0.272 e. The number of carbonyl (C=O) groups excluding carboxylic acids is 2. The Morgan fingerprint density at radius 3 is 2.32 bits per heavy atom. The highest BCUT2D eigenvalue weighted by atomic mass is 32.2. The molecule has 0 atom stereocenters. The van der Waals surface area contributed by atoms with E-state index in [0.717, 1.165) is 9.79 Å². The van der Waals surface area contributed by atoms with Gasteiger partial charge in [-0.1, -0.05) is 42.1 Å². The molecule has 0 aliphatic rings. The van der Waals surface area contributed by atoms with Crippen LogP contribution in [0.1, 0.15) is 16.1 Å². The van der Waals surface area contributed by atoms with Gasteiger partial charge in [0.15, 0.2) is 0 Å². The molecule has 0 fully saturated rings. The van der Waals surface area contributed by atoms with E-state index in [1.54, 1.807) is 43.5 Å². The van der Waals surface area contributed by atoms with E-state index in [2.05, 4.69) is 10.6 Å². The van der Waals surface area contributed by atoms with Crippen LogP contribution in [0.2, 0.25) is 0 Å². The summed E-state index contributed by atoms with van der Waals surface area (Å²) in [4.78, 5) is 28.0. The van der Waals surface area contributed by atoms with Crippen molar-refractivity contribution < 1.29 is 18.7 Å². The largest absolute Gasteiger partial charge is 0.497 e. The number of hydrogen-bond donors (Lipinski definition) is 2. The third-order valence-corrected chi connectivity index (χ3v) is 5.86. The summed E-state index contributed by atoms with van der Waals surface area (Å²) < 4.78 is 10.5. The Morgan fingerprint density at radius 1 is 0.882 bits per heavy atom. The van der Waals surface area contributed by atoms with Crippen LogP contribution in [0.4, 0.5) is 5.69 Å². The fourth-order valence-electron chi connectivity index (χ4n) is 3.07. The van der Waals surface area contributed by atoms with Gasteiger partial charge in [0.25, 0.3) is 11.8 Å². The van der Waals surface area contributed by atoms with Crippen LogP contribution in [-0.4, -0.2) is 18.9 Å². The second kappa shape index (κ2) is 11.1. The van der Waals surface area contributed by atoms with Crippen molar-refractivity contribution in [1.29, 1.82) is 0 Å². The quantitative estimate of drug-likeness (QED) is 0.316. The molecule has 0 saturated heterocycles. The number of benzene rings is 3. The van der Waals surface area contributed by atoms with Crippen LogP contribution in [0.5, 0.6) is 5.75 Å². The van der Waals surface area contributed by atoms with Gasteiger partial charge in [0.05, 0.1) is 19.1 Å². The Bertz CT molecular complexity index is 1280. The molecule has 7 heteroatoms. The van der Waals surface area contributed by atoms with Crippen molar-refractivity contribution in [2.75, 3.05) is 12.4 Å². The Labute approximate surface area is 201 Å². The van der Waals surface area contributed by atoms with Gasteiger partial charge < -0.3 is 19.8 Å². The number of carbonyl (C=O) groups is 2. The van der Waals surface area contributed by atoms with Crippen LogP contribution in [-0.2, 0) is 4.79 Å². The lowest BCUT2D eigenvalue weighted by Crippen LogP contribution is -2.30. The SMILES string of the molecule is COc1ccc(C(=O)N/C(=C\c2ccco2)C(=O)Nc2ccccc2Sc2ccccc2)cc1. The van der Waals surface area contributed by atoms with Crippen LogP contribution in [0, 0.1) is 0 Å². The number of rotatable bonds is 8. The maximum atomic E-state index is 13.2. The minimum absolute atomic E-state index is 0.0512. The molecule has 0 aliphatic heterocycles. The predicted octanol–water partition coefficient (Wildman–Crippen LogP) is 5.85. The van der Waals surface area contributed by atoms with Crippen LogP contribution >= 0.6 is 11.8 Å². The zero-order valence-corrected chi connectivity index (χ0v) is 19.2. The maximum absolute atomic E-state index is 13.2. The fourth-order valence-corrected chi connectivity index (χ4v) is 4.00. The first kappa shape index (κ1) is 22.9. The van der Waals surface area contributed by atoms with Crippen LogP contribution < -0.4 is 15.4 Å². The monoisotopic (exact) mass is 470 g/mol. The van der Waals surface area contributed by atoms with Gasteiger partial charge in [-0.25, -0.2) is 0 Å². The first-order chi connectivity index (χ1) is 16.6. The number of amides is 2. The molecule has 6 nitrogen and oxygen atoms in total. The number of hydrogen-bond acceptors (Lipinski definition) is 5. The molecule has 0 unspecified atom stereocenters. The number of methoxy groups -OCH3 is 1. The molecule has 2 amide bonds. The molecule has 1 heterocycles. The van der Waals surface area contributed by atoms with E-state index in [1.165, 1.54) is 24.1 Å². The van der Waals surface area contributed by atoms with E-state index in [0.29, 0.717) is 22.8 Å². The fraction of sp³-hybridized carbons (Fsp3) is 0.0370. The topological polar surface area (TPSA) is 80.6 Å². The molecule has 34 heavy (non-hydrogen) atoms. The second-order valence-corrected chi connectivity index (χ2v) is 8.24. The predicted molar refractivity (Wildman–Crippen MR) is 133 cm³/mol. The van der Waals surface area contributed by atoms with Crippen molar-refractivity contribution in [2.24, 2.45) is 0 Å². The average Bonchev–Trinajstić information content (AvgIpc) is 3.38. The summed E-state index contributed by atoms with van der Waals surface area (Å²) in [5, 5.41) is 5.61. The van der Waals surface area contributed by atoms with Gasteiger partial charge in [-0.3, -0.25) is 9.59 Å². The molecule has 170 valence electrons. The van der Waals surface area contributed by atoms with Gasteiger partial charge in [0.1, 0.15) is 17.2 Å². The van der Waals surface area contributed by atoms with E-state index in [9.17, 15) is 9.59 Å². The molecule has 2 N–H and O–H groups in total. The van der Waals surface area contributed by atoms with E-state index in [4.69, 9.17) is 9.15 Å². The highest BCUT2D eigenvalue weighted by Crippen LogP contribution is 2.33. The molecule has 4 aromatic rings. The van der Waals surface area contributed by atoms with Gasteiger partial charge in [-0.2, -0.15) is 0 Å². The minimum atomic E-state index is -0.473. The normalized spacial score (nSPS) is 11.0. The highest BCUT2D eigenvalue weighted by Gasteiger charge is 2.17. The minimum Gasteiger partial charge on any atom is -0.497 e. The first-order valence-electron chi connectivity index (χ1n) is 10.5. The molecule has 0 aliphatic carbocycles. The zero-order chi connectivity index (χ0) is 23.8. The molecule has 3 aromatic carbocycles. The Morgan fingerprint density at radius 2 is 1.62 bits per heavy atom. The third kappa shape index (κ3) is 5.96. The summed E-state index contributed by atoms with van der Waals surface area (Å²) in [5.74, 6) is 0.169. The zero-order valence-electron chi connectivity index (χ0n) is 18.4. The van der Waals surface area contributed by atoms with Crippen LogP contribution in [0.15, 0.2) is 117 Å². The summed E-state index contributed by atoms with van der Waals surface area (Å²) in [6.07, 6.45) is 2.99. The van der Waals surface area contributed by atoms with Crippen molar-refractivity contribution >= 4 is 35.3 Å². The smallest absolute Gasteiger partial charge is 0.272 e. The number of furan rings is 1. The first-order valence-corrected chi connectivity index (χ1v) is 11.3. The number of ether oxygens (including phenoxy) is 1. The summed E-state index contributed by atoms with van der Waals surface area (Å²) >= 11 is 1.54. The summed E-state index contributed by atoms with van der Waals surface area (Å²) in [7, 11) is 1.55. The Kier molecular flexibility index (Phi) is 7.47. The molecule has 1 aromatic heterocycles. The molecule has 0 bridgehead atoms. The lowest BCUT2D eigenvalue weighted by molar-refractivity contribution is -0.113. The lowest BCUT2D eigenvalue weighted by atomic mass is 10.2. The van der Waals surface area contributed by atoms with Crippen molar-refractivity contribution in [2.45, 2.75) is 9.79 Å². The molecule has 0 radical (unpaired) electrons. The van der Waals surface area contributed by atoms with E-state index in [-0.39, 0.29) is 5.70 Å². The summed E-state index contributed by atoms with van der Waals surface area (Å²) in [5.41, 5.74) is 1.07. The number of anilines is 1. The average molecular weight is 471 g/mol. The molecule has 4 rings (SSSR count). The summed E-state index contributed by atoms with van der Waals surface area (Å²) in [6.45, 7) is 0. The number of nitrogens with one attached hydrogen (secondary N) is 2. The van der Waals surface area contributed by atoms with Crippen molar-refractivity contribution in [3.8, 4) is 5.75 Å². The summed E-state index contributed by atoms with van der Waals surface area (Å²) in [6, 6.07) is 27.4. The van der Waals surface area contributed by atoms with Crippen molar-refractivity contribution in [3.05, 3.63) is 114 Å². The van der Waals surface area contributed by atoms with Gasteiger partial charge in [-0.15, -0.1) is 0 Å². The molecular weight excluding hydrogens is 448 g/mol. The van der Waals surface area contributed by atoms with Gasteiger partial charge >= 0.3 is 0 Å². The second-order valence-electron chi connectivity index (χ2n) is 7.12. The van der Waals surface area contributed by atoms with E-state index >= 15 is 0 Å².